The molecule has 164 valence electrons. The van der Waals surface area contributed by atoms with Crippen LogP contribution in [0.25, 0.3) is 0 Å². The quantitative estimate of drug-likeness (QED) is 0.489. The predicted molar refractivity (Wildman–Crippen MR) is 119 cm³/mol. The zero-order valence-corrected chi connectivity index (χ0v) is 19.6. The first-order chi connectivity index (χ1) is 13.8. The number of rotatable bonds is 6. The van der Waals surface area contributed by atoms with E-state index in [0.717, 1.165) is 59.2 Å². The van der Waals surface area contributed by atoms with E-state index < -0.39 is 7.37 Å². The van der Waals surface area contributed by atoms with Crippen molar-refractivity contribution in [3.05, 3.63) is 0 Å². The first kappa shape index (κ1) is 19.8. The maximum atomic E-state index is 13.5. The van der Waals surface area contributed by atoms with Crippen LogP contribution < -0.4 is 0 Å². The Bertz CT molecular complexity index is 576. The molecular weight excluding hydrogens is 375 g/mol. The molecule has 2 nitrogen and oxygen atoms in total. The van der Waals surface area contributed by atoms with Crippen molar-refractivity contribution >= 4 is 7.37 Å². The molecule has 0 aromatic rings. The van der Waals surface area contributed by atoms with Crippen molar-refractivity contribution in [2.75, 3.05) is 12.3 Å². The summed E-state index contributed by atoms with van der Waals surface area (Å²) < 4.78 is 13.5. The molecule has 0 spiro atoms. The summed E-state index contributed by atoms with van der Waals surface area (Å²) in [6.45, 7) is 4.67. The zero-order valence-electron chi connectivity index (χ0n) is 18.7. The standard InChI is InChI=1S/C26H43O2P/c1-15(25-21-5-17-3-18(7-21)8-22(25)6-17)13-29(27,28)14-16(2)26-23-9-19-4-20(11-23)12-24(26)10-19/h15-26H,3-14H2,1-2H3,(H,27,28). The summed E-state index contributed by atoms with van der Waals surface area (Å²) in [6.07, 6.45) is 15.7. The zero-order chi connectivity index (χ0) is 19.9. The van der Waals surface area contributed by atoms with Crippen LogP contribution in [0.4, 0.5) is 0 Å². The Labute approximate surface area is 178 Å². The third-order valence-electron chi connectivity index (χ3n) is 11.1. The Kier molecular flexibility index (Phi) is 4.86. The summed E-state index contributed by atoms with van der Waals surface area (Å²) in [6, 6.07) is 0. The van der Waals surface area contributed by atoms with Crippen molar-refractivity contribution in [2.45, 2.75) is 78.1 Å². The summed E-state index contributed by atoms with van der Waals surface area (Å²) in [5, 5.41) is 0. The average molecular weight is 419 g/mol. The van der Waals surface area contributed by atoms with E-state index in [4.69, 9.17) is 0 Å². The Hall–Kier alpha value is 0.190. The van der Waals surface area contributed by atoms with E-state index in [1.165, 1.54) is 64.2 Å². The fraction of sp³-hybridized carbons (Fsp3) is 1.00. The molecule has 8 aliphatic rings. The van der Waals surface area contributed by atoms with Gasteiger partial charge in [-0.1, -0.05) is 13.8 Å². The lowest BCUT2D eigenvalue weighted by Crippen LogP contribution is -2.48. The van der Waals surface area contributed by atoms with Gasteiger partial charge in [-0.3, -0.25) is 4.57 Å². The monoisotopic (exact) mass is 418 g/mol. The SMILES string of the molecule is CC(CP(=O)(O)CC(C)C1C2CC3CC(C2)CC1C3)C1C2CC3CC(C2)CC1C3. The summed E-state index contributed by atoms with van der Waals surface area (Å²) >= 11 is 0. The highest BCUT2D eigenvalue weighted by Gasteiger charge is 2.52. The van der Waals surface area contributed by atoms with Crippen LogP contribution in [0, 0.1) is 71.0 Å². The Morgan fingerprint density at radius 2 is 0.897 bits per heavy atom. The van der Waals surface area contributed by atoms with Crippen molar-refractivity contribution in [1.29, 1.82) is 0 Å². The Balaban J connectivity index is 1.10. The van der Waals surface area contributed by atoms with Crippen molar-refractivity contribution < 1.29 is 9.46 Å². The second kappa shape index (κ2) is 7.10. The summed E-state index contributed by atoms with van der Waals surface area (Å²) in [7, 11) is -3.03. The van der Waals surface area contributed by atoms with Gasteiger partial charge in [0.15, 0.2) is 0 Å². The summed E-state index contributed by atoms with van der Waals surface area (Å²) in [5.41, 5.74) is 0. The van der Waals surface area contributed by atoms with Crippen LogP contribution in [0.3, 0.4) is 0 Å². The molecule has 0 radical (unpaired) electrons. The molecule has 0 aromatic heterocycles. The molecule has 8 fully saturated rings. The molecular formula is C26H43O2P. The van der Waals surface area contributed by atoms with Crippen LogP contribution in [0.15, 0.2) is 0 Å². The highest BCUT2D eigenvalue weighted by atomic mass is 31.2. The molecule has 0 saturated heterocycles. The number of hydrogen-bond donors (Lipinski definition) is 1. The highest BCUT2D eigenvalue weighted by Crippen LogP contribution is 2.62. The van der Waals surface area contributed by atoms with Crippen molar-refractivity contribution in [3.63, 3.8) is 0 Å². The van der Waals surface area contributed by atoms with Gasteiger partial charge in [0.1, 0.15) is 0 Å². The van der Waals surface area contributed by atoms with Gasteiger partial charge >= 0.3 is 0 Å². The van der Waals surface area contributed by atoms with E-state index >= 15 is 0 Å². The smallest absolute Gasteiger partial charge is 0.201 e. The Morgan fingerprint density at radius 1 is 0.621 bits per heavy atom. The van der Waals surface area contributed by atoms with Gasteiger partial charge in [-0.05, 0) is 135 Å². The average Bonchev–Trinajstić information content (AvgIpc) is 2.58. The molecule has 8 aliphatic carbocycles. The van der Waals surface area contributed by atoms with Crippen LogP contribution in [-0.4, -0.2) is 17.2 Å². The molecule has 8 rings (SSSR count). The van der Waals surface area contributed by atoms with Crippen LogP contribution >= 0.6 is 7.37 Å². The minimum absolute atomic E-state index is 0.450. The van der Waals surface area contributed by atoms with Gasteiger partial charge < -0.3 is 4.89 Å². The first-order valence-corrected chi connectivity index (χ1v) is 15.2. The second-order valence-corrected chi connectivity index (χ2v) is 15.6. The van der Waals surface area contributed by atoms with Gasteiger partial charge in [0.2, 0.25) is 7.37 Å². The molecule has 0 amide bonds. The van der Waals surface area contributed by atoms with E-state index in [9.17, 15) is 9.46 Å². The maximum absolute atomic E-state index is 13.5. The van der Waals surface area contributed by atoms with Gasteiger partial charge in [-0.2, -0.15) is 0 Å². The molecule has 8 saturated carbocycles. The van der Waals surface area contributed by atoms with E-state index in [0.29, 0.717) is 24.2 Å². The van der Waals surface area contributed by atoms with Crippen molar-refractivity contribution in [2.24, 2.45) is 71.0 Å². The van der Waals surface area contributed by atoms with Gasteiger partial charge in [-0.25, -0.2) is 0 Å². The van der Waals surface area contributed by atoms with Crippen LogP contribution in [0.1, 0.15) is 78.1 Å². The van der Waals surface area contributed by atoms with Gasteiger partial charge in [0.25, 0.3) is 0 Å². The molecule has 29 heavy (non-hydrogen) atoms. The van der Waals surface area contributed by atoms with E-state index in [-0.39, 0.29) is 0 Å². The summed E-state index contributed by atoms with van der Waals surface area (Å²) in [5.74, 6) is 9.91. The minimum atomic E-state index is -3.03. The fourth-order valence-corrected chi connectivity index (χ4v) is 13.4. The van der Waals surface area contributed by atoms with Gasteiger partial charge in [-0.15, -0.1) is 0 Å². The third kappa shape index (κ3) is 3.51. The topological polar surface area (TPSA) is 37.3 Å². The van der Waals surface area contributed by atoms with Crippen LogP contribution in [0.2, 0.25) is 0 Å². The van der Waals surface area contributed by atoms with E-state index in [2.05, 4.69) is 13.8 Å². The maximum Gasteiger partial charge on any atom is 0.201 e. The van der Waals surface area contributed by atoms with Crippen LogP contribution in [-0.2, 0) is 4.57 Å². The van der Waals surface area contributed by atoms with E-state index in [1.807, 2.05) is 0 Å². The molecule has 0 aromatic carbocycles. The first-order valence-electron chi connectivity index (χ1n) is 13.2. The van der Waals surface area contributed by atoms with Crippen molar-refractivity contribution in [3.8, 4) is 0 Å². The molecule has 8 bridgehead atoms. The van der Waals surface area contributed by atoms with Crippen molar-refractivity contribution in [1.82, 2.24) is 0 Å². The largest absolute Gasteiger partial charge is 0.344 e. The fourth-order valence-electron chi connectivity index (χ4n) is 11.0. The molecule has 0 aliphatic heterocycles. The minimum Gasteiger partial charge on any atom is -0.344 e. The van der Waals surface area contributed by atoms with E-state index in [1.54, 1.807) is 0 Å². The molecule has 3 heteroatoms. The Morgan fingerprint density at radius 3 is 1.17 bits per heavy atom. The molecule has 2 atom stereocenters. The lowest BCUT2D eigenvalue weighted by Gasteiger charge is -2.57. The van der Waals surface area contributed by atoms with Gasteiger partial charge in [0, 0.05) is 12.3 Å². The lowest BCUT2D eigenvalue weighted by molar-refractivity contribution is -0.0562. The number of hydrogen-bond acceptors (Lipinski definition) is 1. The van der Waals surface area contributed by atoms with Crippen LogP contribution in [0.5, 0.6) is 0 Å². The summed E-state index contributed by atoms with van der Waals surface area (Å²) in [4.78, 5) is 11.1. The molecule has 1 N–H and O–H groups in total. The molecule has 2 unspecified atom stereocenters. The predicted octanol–water partition coefficient (Wildman–Crippen LogP) is 6.67. The lowest BCUT2D eigenvalue weighted by atomic mass is 9.50. The molecule has 0 heterocycles. The van der Waals surface area contributed by atoms with Gasteiger partial charge in [0.05, 0.1) is 0 Å². The normalized spacial score (nSPS) is 53.8. The third-order valence-corrected chi connectivity index (χ3v) is 13.4. The highest BCUT2D eigenvalue weighted by molar-refractivity contribution is 7.58. The second-order valence-electron chi connectivity index (χ2n) is 13.2.